The van der Waals surface area contributed by atoms with Crippen LogP contribution in [-0.2, 0) is 18.0 Å². The van der Waals surface area contributed by atoms with Gasteiger partial charge in [-0.15, -0.1) is 0 Å². The molecule has 1 aromatic heterocycles. The first-order valence-electron chi connectivity index (χ1n) is 5.38. The molecule has 0 bridgehead atoms. The van der Waals surface area contributed by atoms with Crippen LogP contribution in [-0.4, -0.2) is 4.98 Å². The number of hydrogen-bond donors (Lipinski definition) is 1. The van der Waals surface area contributed by atoms with Crippen LogP contribution in [0, 0.1) is 0 Å². The van der Waals surface area contributed by atoms with E-state index < -0.39 is 0 Å². The molecule has 0 aliphatic rings. The van der Waals surface area contributed by atoms with Gasteiger partial charge in [0.15, 0.2) is 0 Å². The number of hydrogen-bond acceptors (Lipinski definition) is 3. The van der Waals surface area contributed by atoms with E-state index in [1.807, 2.05) is 24.3 Å². The number of nitrogens with zero attached hydrogens (tertiary/aromatic N) is 1. The zero-order valence-electron chi connectivity index (χ0n) is 9.57. The molecular formula is C13H12BrClN2O. The van der Waals surface area contributed by atoms with Crippen LogP contribution in [0.1, 0.15) is 11.3 Å². The standard InChI is InChI=1S/C13H12BrClN2O/c14-10-3-1-9(2-4-10)7-18-8-12-11(15)5-6-13(16)17-12/h1-6H,7-8H2,(H2,16,17). The van der Waals surface area contributed by atoms with Crippen molar-refractivity contribution in [3.05, 3.63) is 57.2 Å². The zero-order valence-corrected chi connectivity index (χ0v) is 11.9. The van der Waals surface area contributed by atoms with Gasteiger partial charge in [-0.2, -0.15) is 0 Å². The molecule has 2 aromatic rings. The Balaban J connectivity index is 1.92. The number of anilines is 1. The number of pyridine rings is 1. The lowest BCUT2D eigenvalue weighted by Crippen LogP contribution is -2.00. The van der Waals surface area contributed by atoms with Crippen molar-refractivity contribution in [2.45, 2.75) is 13.2 Å². The number of benzene rings is 1. The lowest BCUT2D eigenvalue weighted by atomic mass is 10.2. The third-order valence-electron chi connectivity index (χ3n) is 2.36. The summed E-state index contributed by atoms with van der Waals surface area (Å²) in [4.78, 5) is 4.13. The normalized spacial score (nSPS) is 10.6. The summed E-state index contributed by atoms with van der Waals surface area (Å²) in [5.74, 6) is 0.446. The molecule has 0 saturated heterocycles. The van der Waals surface area contributed by atoms with Gasteiger partial charge in [0.1, 0.15) is 5.82 Å². The molecule has 5 heteroatoms. The lowest BCUT2D eigenvalue weighted by molar-refractivity contribution is 0.105. The fraction of sp³-hybridized carbons (Fsp3) is 0.154. The molecule has 3 nitrogen and oxygen atoms in total. The van der Waals surface area contributed by atoms with Gasteiger partial charge in [-0.25, -0.2) is 4.98 Å². The average Bonchev–Trinajstić information content (AvgIpc) is 2.36. The summed E-state index contributed by atoms with van der Waals surface area (Å²) in [6.07, 6.45) is 0. The Morgan fingerprint density at radius 2 is 1.83 bits per heavy atom. The maximum atomic E-state index is 5.99. The van der Waals surface area contributed by atoms with Crippen LogP contribution in [0.4, 0.5) is 5.82 Å². The van der Waals surface area contributed by atoms with E-state index >= 15 is 0 Å². The molecule has 0 fully saturated rings. The first-order valence-corrected chi connectivity index (χ1v) is 6.55. The van der Waals surface area contributed by atoms with Gasteiger partial charge >= 0.3 is 0 Å². The highest BCUT2D eigenvalue weighted by atomic mass is 79.9. The first kappa shape index (κ1) is 13.3. The molecule has 0 atom stereocenters. The second kappa shape index (κ2) is 6.18. The third-order valence-corrected chi connectivity index (χ3v) is 3.23. The number of nitrogen functional groups attached to an aromatic ring is 1. The van der Waals surface area contributed by atoms with Crippen LogP contribution in [0.5, 0.6) is 0 Å². The second-order valence-electron chi connectivity index (χ2n) is 3.78. The van der Waals surface area contributed by atoms with Gasteiger partial charge in [-0.1, -0.05) is 39.7 Å². The molecule has 0 unspecified atom stereocenters. The van der Waals surface area contributed by atoms with Gasteiger partial charge in [-0.3, -0.25) is 0 Å². The number of halogens is 2. The summed E-state index contributed by atoms with van der Waals surface area (Å²) in [6, 6.07) is 11.3. The summed E-state index contributed by atoms with van der Waals surface area (Å²) < 4.78 is 6.61. The molecule has 0 aliphatic carbocycles. The molecule has 0 aliphatic heterocycles. The molecule has 1 heterocycles. The Morgan fingerprint density at radius 1 is 1.11 bits per heavy atom. The maximum absolute atomic E-state index is 5.99. The van der Waals surface area contributed by atoms with Gasteiger partial charge in [0.2, 0.25) is 0 Å². The number of nitrogens with two attached hydrogens (primary N) is 1. The molecule has 0 spiro atoms. The Hall–Kier alpha value is -1.10. The quantitative estimate of drug-likeness (QED) is 0.929. The van der Waals surface area contributed by atoms with Crippen molar-refractivity contribution in [2.24, 2.45) is 0 Å². The zero-order chi connectivity index (χ0) is 13.0. The topological polar surface area (TPSA) is 48.1 Å². The number of ether oxygens (including phenoxy) is 1. The predicted molar refractivity (Wildman–Crippen MR) is 76.3 cm³/mol. The maximum Gasteiger partial charge on any atom is 0.123 e. The minimum atomic E-state index is 0.347. The highest BCUT2D eigenvalue weighted by Crippen LogP contribution is 2.17. The molecule has 0 saturated carbocycles. The Morgan fingerprint density at radius 3 is 2.56 bits per heavy atom. The largest absolute Gasteiger partial charge is 0.384 e. The fourth-order valence-electron chi connectivity index (χ4n) is 1.45. The SMILES string of the molecule is Nc1ccc(Cl)c(COCc2ccc(Br)cc2)n1. The molecule has 0 radical (unpaired) electrons. The van der Waals surface area contributed by atoms with E-state index in [9.17, 15) is 0 Å². The number of rotatable bonds is 4. The van der Waals surface area contributed by atoms with Crippen molar-refractivity contribution < 1.29 is 4.74 Å². The fourth-order valence-corrected chi connectivity index (χ4v) is 1.87. The molecule has 2 N–H and O–H groups in total. The van der Waals surface area contributed by atoms with Crippen LogP contribution in [0.3, 0.4) is 0 Å². The molecule has 18 heavy (non-hydrogen) atoms. The van der Waals surface area contributed by atoms with Crippen molar-refractivity contribution in [3.8, 4) is 0 Å². The van der Waals surface area contributed by atoms with Crippen LogP contribution in [0.2, 0.25) is 5.02 Å². The van der Waals surface area contributed by atoms with E-state index in [-0.39, 0.29) is 0 Å². The van der Waals surface area contributed by atoms with Crippen molar-refractivity contribution in [1.82, 2.24) is 4.98 Å². The van der Waals surface area contributed by atoms with Crippen LogP contribution in [0.25, 0.3) is 0 Å². The monoisotopic (exact) mass is 326 g/mol. The van der Waals surface area contributed by atoms with E-state index in [0.29, 0.717) is 29.7 Å². The molecular weight excluding hydrogens is 316 g/mol. The summed E-state index contributed by atoms with van der Waals surface area (Å²) in [5.41, 5.74) is 7.35. The van der Waals surface area contributed by atoms with Gasteiger partial charge < -0.3 is 10.5 Å². The van der Waals surface area contributed by atoms with Crippen molar-refractivity contribution in [2.75, 3.05) is 5.73 Å². The van der Waals surface area contributed by atoms with Crippen LogP contribution >= 0.6 is 27.5 Å². The molecule has 1 aromatic carbocycles. The summed E-state index contributed by atoms with van der Waals surface area (Å²) >= 11 is 9.38. The van der Waals surface area contributed by atoms with Gasteiger partial charge in [0, 0.05) is 4.47 Å². The smallest absolute Gasteiger partial charge is 0.123 e. The minimum absolute atomic E-state index is 0.347. The Kier molecular flexibility index (Phi) is 4.58. The highest BCUT2D eigenvalue weighted by Gasteiger charge is 2.03. The van der Waals surface area contributed by atoms with Crippen LogP contribution < -0.4 is 5.73 Å². The van der Waals surface area contributed by atoms with E-state index in [2.05, 4.69) is 20.9 Å². The third kappa shape index (κ3) is 3.70. The lowest BCUT2D eigenvalue weighted by Gasteiger charge is -2.06. The van der Waals surface area contributed by atoms with Gasteiger partial charge in [0.25, 0.3) is 0 Å². The van der Waals surface area contributed by atoms with Gasteiger partial charge in [0.05, 0.1) is 23.9 Å². The second-order valence-corrected chi connectivity index (χ2v) is 5.11. The van der Waals surface area contributed by atoms with E-state index in [0.717, 1.165) is 10.0 Å². The molecule has 0 amide bonds. The van der Waals surface area contributed by atoms with E-state index in [4.69, 9.17) is 22.1 Å². The van der Waals surface area contributed by atoms with Crippen molar-refractivity contribution in [3.63, 3.8) is 0 Å². The predicted octanol–water partition coefficient (Wildman–Crippen LogP) is 3.80. The molecule has 94 valence electrons. The average molecular weight is 328 g/mol. The van der Waals surface area contributed by atoms with Crippen LogP contribution in [0.15, 0.2) is 40.9 Å². The highest BCUT2D eigenvalue weighted by molar-refractivity contribution is 9.10. The minimum Gasteiger partial charge on any atom is -0.384 e. The first-order chi connectivity index (χ1) is 8.65. The van der Waals surface area contributed by atoms with E-state index in [1.54, 1.807) is 12.1 Å². The Bertz CT molecular complexity index is 531. The number of aromatic nitrogens is 1. The van der Waals surface area contributed by atoms with E-state index in [1.165, 1.54) is 0 Å². The molecule has 2 rings (SSSR count). The summed E-state index contributed by atoms with van der Waals surface area (Å²) in [7, 11) is 0. The summed E-state index contributed by atoms with van der Waals surface area (Å²) in [6.45, 7) is 0.861. The Labute approximate surface area is 119 Å². The summed E-state index contributed by atoms with van der Waals surface area (Å²) in [5, 5.41) is 0.569. The van der Waals surface area contributed by atoms with Crippen molar-refractivity contribution >= 4 is 33.3 Å². The van der Waals surface area contributed by atoms with Crippen molar-refractivity contribution in [1.29, 1.82) is 0 Å². The van der Waals surface area contributed by atoms with Gasteiger partial charge in [-0.05, 0) is 29.8 Å².